The van der Waals surface area contributed by atoms with Gasteiger partial charge >= 0.3 is 0 Å². The number of carbonyl (C=O) groups is 1. The van der Waals surface area contributed by atoms with Crippen LogP contribution in [0.1, 0.15) is 15.4 Å². The fourth-order valence-corrected chi connectivity index (χ4v) is 3.49. The minimum Gasteiger partial charge on any atom is -0.459 e. The summed E-state index contributed by atoms with van der Waals surface area (Å²) in [6, 6.07) is 6.35. The molecule has 0 saturated carbocycles. The van der Waals surface area contributed by atoms with Gasteiger partial charge in [0.1, 0.15) is 4.21 Å². The Morgan fingerprint density at radius 1 is 1.37 bits per heavy atom. The zero-order chi connectivity index (χ0) is 13.9. The van der Waals surface area contributed by atoms with Gasteiger partial charge in [-0.2, -0.15) is 0 Å². The predicted octanol–water partition coefficient (Wildman–Crippen LogP) is 1.18. The van der Waals surface area contributed by atoms with Gasteiger partial charge in [0.2, 0.25) is 10.0 Å². The highest BCUT2D eigenvalue weighted by molar-refractivity contribution is 7.91. The van der Waals surface area contributed by atoms with E-state index in [9.17, 15) is 13.2 Å². The number of sulfonamides is 1. The predicted molar refractivity (Wildman–Crippen MR) is 70.4 cm³/mol. The van der Waals surface area contributed by atoms with Crippen LogP contribution >= 0.6 is 11.3 Å². The molecule has 0 radical (unpaired) electrons. The Balaban J connectivity index is 2.00. The van der Waals surface area contributed by atoms with Crippen LogP contribution in [0.2, 0.25) is 0 Å². The number of nitrogens with one attached hydrogen (secondary N) is 2. The molecule has 8 heteroatoms. The maximum atomic E-state index is 11.6. The van der Waals surface area contributed by atoms with Crippen LogP contribution in [-0.4, -0.2) is 21.4 Å². The summed E-state index contributed by atoms with van der Waals surface area (Å²) in [4.78, 5) is 12.4. The van der Waals surface area contributed by atoms with Crippen molar-refractivity contribution in [1.29, 1.82) is 0 Å². The molecule has 6 nitrogen and oxygen atoms in total. The van der Waals surface area contributed by atoms with E-state index in [4.69, 9.17) is 4.42 Å². The van der Waals surface area contributed by atoms with Crippen molar-refractivity contribution in [3.8, 4) is 0 Å². The third-order valence-electron chi connectivity index (χ3n) is 2.34. The van der Waals surface area contributed by atoms with Gasteiger partial charge in [-0.1, -0.05) is 0 Å². The molecule has 0 aliphatic heterocycles. The van der Waals surface area contributed by atoms with Crippen molar-refractivity contribution in [3.63, 3.8) is 0 Å². The van der Waals surface area contributed by atoms with Crippen molar-refractivity contribution in [3.05, 3.63) is 41.2 Å². The van der Waals surface area contributed by atoms with Gasteiger partial charge in [-0.25, -0.2) is 13.1 Å². The summed E-state index contributed by atoms with van der Waals surface area (Å²) in [5, 5.41) is 2.65. The van der Waals surface area contributed by atoms with Crippen LogP contribution < -0.4 is 10.0 Å². The van der Waals surface area contributed by atoms with Gasteiger partial charge in [0.15, 0.2) is 5.76 Å². The van der Waals surface area contributed by atoms with E-state index in [0.717, 1.165) is 16.2 Å². The molecule has 0 bridgehead atoms. The SMILES string of the molecule is CNS(=O)(=O)c1ccc(CNC(=O)c2ccco2)s1. The van der Waals surface area contributed by atoms with Gasteiger partial charge in [-0.3, -0.25) is 4.79 Å². The lowest BCUT2D eigenvalue weighted by Crippen LogP contribution is -2.21. The number of thiophene rings is 1. The molecule has 0 saturated heterocycles. The monoisotopic (exact) mass is 300 g/mol. The number of rotatable bonds is 5. The summed E-state index contributed by atoms with van der Waals surface area (Å²) < 4.78 is 30.5. The van der Waals surface area contributed by atoms with Gasteiger partial charge in [-0.15, -0.1) is 11.3 Å². The molecule has 2 aromatic rings. The minimum absolute atomic E-state index is 0.220. The first kappa shape index (κ1) is 13.8. The first-order valence-electron chi connectivity index (χ1n) is 5.37. The highest BCUT2D eigenvalue weighted by Gasteiger charge is 2.15. The van der Waals surface area contributed by atoms with E-state index in [1.807, 2.05) is 0 Å². The van der Waals surface area contributed by atoms with Gasteiger partial charge in [0.25, 0.3) is 5.91 Å². The smallest absolute Gasteiger partial charge is 0.287 e. The van der Waals surface area contributed by atoms with Gasteiger partial charge in [-0.05, 0) is 31.3 Å². The van der Waals surface area contributed by atoms with Crippen LogP contribution in [0.25, 0.3) is 0 Å². The molecule has 0 fully saturated rings. The lowest BCUT2D eigenvalue weighted by Gasteiger charge is -2.00. The van der Waals surface area contributed by atoms with Crippen LogP contribution in [0.5, 0.6) is 0 Å². The summed E-state index contributed by atoms with van der Waals surface area (Å²) in [7, 11) is -2.07. The molecule has 0 aliphatic carbocycles. The van der Waals surface area contributed by atoms with E-state index < -0.39 is 10.0 Å². The summed E-state index contributed by atoms with van der Waals surface area (Å²) in [5.74, 6) is -0.115. The summed E-state index contributed by atoms with van der Waals surface area (Å²) in [6.07, 6.45) is 1.41. The Bertz CT molecular complexity index is 659. The second-order valence-electron chi connectivity index (χ2n) is 3.59. The summed E-state index contributed by atoms with van der Waals surface area (Å²) >= 11 is 1.11. The van der Waals surface area contributed by atoms with E-state index in [-0.39, 0.29) is 22.4 Å². The van der Waals surface area contributed by atoms with Crippen molar-refractivity contribution >= 4 is 27.3 Å². The molecule has 2 N–H and O–H groups in total. The van der Waals surface area contributed by atoms with Gasteiger partial charge in [0, 0.05) is 4.88 Å². The number of amides is 1. The van der Waals surface area contributed by atoms with Crippen LogP contribution in [0.4, 0.5) is 0 Å². The molecule has 102 valence electrons. The number of hydrogen-bond acceptors (Lipinski definition) is 5. The van der Waals surface area contributed by atoms with E-state index in [2.05, 4.69) is 10.0 Å². The molecule has 0 atom stereocenters. The van der Waals surface area contributed by atoms with Crippen molar-refractivity contribution < 1.29 is 17.6 Å². The highest BCUT2D eigenvalue weighted by atomic mass is 32.2. The van der Waals surface area contributed by atoms with Crippen molar-refractivity contribution in [2.24, 2.45) is 0 Å². The Labute approximate surface area is 114 Å². The second kappa shape index (κ2) is 5.55. The molecule has 0 spiro atoms. The van der Waals surface area contributed by atoms with Crippen molar-refractivity contribution in [2.45, 2.75) is 10.8 Å². The van der Waals surface area contributed by atoms with Crippen molar-refractivity contribution in [2.75, 3.05) is 7.05 Å². The summed E-state index contributed by atoms with van der Waals surface area (Å²) in [5.41, 5.74) is 0. The Morgan fingerprint density at radius 2 is 2.16 bits per heavy atom. The lowest BCUT2D eigenvalue weighted by atomic mass is 10.4. The van der Waals surface area contributed by atoms with E-state index >= 15 is 0 Å². The topological polar surface area (TPSA) is 88.4 Å². The molecule has 2 heterocycles. The van der Waals surface area contributed by atoms with E-state index in [1.54, 1.807) is 18.2 Å². The summed E-state index contributed by atoms with van der Waals surface area (Å²) in [6.45, 7) is 0.253. The maximum absolute atomic E-state index is 11.6. The van der Waals surface area contributed by atoms with Crippen LogP contribution in [0, 0.1) is 0 Å². The highest BCUT2D eigenvalue weighted by Crippen LogP contribution is 2.21. The molecule has 2 rings (SSSR count). The molecule has 0 aromatic carbocycles. The first-order chi connectivity index (χ1) is 9.03. The molecule has 0 unspecified atom stereocenters. The number of carbonyl (C=O) groups excluding carboxylic acids is 1. The first-order valence-corrected chi connectivity index (χ1v) is 7.67. The molecular formula is C11H12N2O4S2. The lowest BCUT2D eigenvalue weighted by molar-refractivity contribution is 0.0923. The Kier molecular flexibility index (Phi) is 4.03. The quantitative estimate of drug-likeness (QED) is 0.868. The Morgan fingerprint density at radius 3 is 2.79 bits per heavy atom. The molecule has 0 aliphatic rings. The fourth-order valence-electron chi connectivity index (χ4n) is 1.36. The molecule has 1 amide bonds. The van der Waals surface area contributed by atoms with Crippen molar-refractivity contribution in [1.82, 2.24) is 10.0 Å². The largest absolute Gasteiger partial charge is 0.459 e. The zero-order valence-corrected chi connectivity index (χ0v) is 11.7. The normalized spacial score (nSPS) is 11.4. The third kappa shape index (κ3) is 3.22. The molecular weight excluding hydrogens is 288 g/mol. The van der Waals surface area contributed by atoms with Gasteiger partial charge in [0.05, 0.1) is 12.8 Å². The fraction of sp³-hybridized carbons (Fsp3) is 0.182. The third-order valence-corrected chi connectivity index (χ3v) is 5.33. The molecule has 2 aromatic heterocycles. The Hall–Kier alpha value is -1.64. The van der Waals surface area contributed by atoms with E-state index in [1.165, 1.54) is 19.4 Å². The van der Waals surface area contributed by atoms with Crippen LogP contribution in [0.3, 0.4) is 0 Å². The van der Waals surface area contributed by atoms with Crippen LogP contribution in [-0.2, 0) is 16.6 Å². The average Bonchev–Trinajstić information content (AvgIpc) is 3.07. The van der Waals surface area contributed by atoms with E-state index in [0.29, 0.717) is 0 Å². The second-order valence-corrected chi connectivity index (χ2v) is 6.87. The maximum Gasteiger partial charge on any atom is 0.287 e. The van der Waals surface area contributed by atoms with Crippen LogP contribution in [0.15, 0.2) is 39.2 Å². The number of furan rings is 1. The standard InChI is InChI=1S/C11H12N2O4S2/c1-12-19(15,16)10-5-4-8(18-10)7-13-11(14)9-3-2-6-17-9/h2-6,12H,7H2,1H3,(H,13,14). The average molecular weight is 300 g/mol. The number of hydrogen-bond donors (Lipinski definition) is 2. The zero-order valence-electron chi connectivity index (χ0n) is 10.0. The minimum atomic E-state index is -3.42. The van der Waals surface area contributed by atoms with Gasteiger partial charge < -0.3 is 9.73 Å². The molecule has 19 heavy (non-hydrogen) atoms.